The van der Waals surface area contributed by atoms with E-state index in [4.69, 9.17) is 15.2 Å². The highest BCUT2D eigenvalue weighted by Crippen LogP contribution is 2.34. The smallest absolute Gasteiger partial charge is 0.415 e. The molecule has 124 heavy (non-hydrogen) atoms. The second-order valence-corrected chi connectivity index (χ2v) is 30.2. The lowest BCUT2D eigenvalue weighted by Gasteiger charge is -2.26. The van der Waals surface area contributed by atoms with Crippen molar-refractivity contribution in [3.8, 4) is 0 Å². The largest absolute Gasteiger partial charge is 0.447 e. The van der Waals surface area contributed by atoms with Gasteiger partial charge in [0.25, 0.3) is 17.7 Å². The number of nitrogens with one attached hydrogen (secondary N) is 11. The van der Waals surface area contributed by atoms with Gasteiger partial charge in [-0.15, -0.1) is 0 Å². The molecule has 20 rings (SSSR count). The maximum Gasteiger partial charge on any atom is 0.415 e. The number of alkyl halides is 1. The Morgan fingerprint density at radius 3 is 1.10 bits per heavy atom. The third kappa shape index (κ3) is 17.9. The van der Waals surface area contributed by atoms with Gasteiger partial charge < -0.3 is 73.7 Å². The van der Waals surface area contributed by atoms with Crippen LogP contribution in [0.25, 0.3) is 28.3 Å². The van der Waals surface area contributed by atoms with Crippen LogP contribution in [-0.2, 0) is 23.9 Å². The fourth-order valence-electron chi connectivity index (χ4n) is 14.6. The van der Waals surface area contributed by atoms with Crippen LogP contribution >= 0.6 is 0 Å². The predicted octanol–water partition coefficient (Wildman–Crippen LogP) is 8.52. The fourth-order valence-corrected chi connectivity index (χ4v) is 14.6. The Kier molecular flexibility index (Phi) is 24.1. The number of nitrogens with zero attached hydrogens (tertiary/aromatic N) is 20. The van der Waals surface area contributed by atoms with Gasteiger partial charge in [0.1, 0.15) is 123 Å². The molecule has 5 saturated heterocycles. The molecule has 0 aromatic carbocycles. The van der Waals surface area contributed by atoms with Crippen molar-refractivity contribution in [1.29, 1.82) is 0 Å². The van der Waals surface area contributed by atoms with Crippen LogP contribution in [0.4, 0.5) is 102 Å². The molecule has 3 saturated carbocycles. The third-order valence-electron chi connectivity index (χ3n) is 21.7. The molecule has 12 aromatic heterocycles. The zero-order valence-electron chi connectivity index (χ0n) is 67.4. The summed E-state index contributed by atoms with van der Waals surface area (Å²) in [6.07, 6.45) is 15.9. The molecule has 8 aliphatic rings. The summed E-state index contributed by atoms with van der Waals surface area (Å²) < 4.78 is 29.6. The van der Waals surface area contributed by atoms with Crippen molar-refractivity contribution in [3.05, 3.63) is 151 Å². The molecule has 0 bridgehead atoms. The molecule has 8 fully saturated rings. The minimum absolute atomic E-state index is 0. The maximum atomic E-state index is 13.3. The van der Waals surface area contributed by atoms with Crippen LogP contribution in [0.3, 0.4) is 0 Å². The minimum Gasteiger partial charge on any atom is -0.447 e. The van der Waals surface area contributed by atoms with Crippen LogP contribution in [0, 0.1) is 0 Å². The van der Waals surface area contributed by atoms with Gasteiger partial charge in [0.05, 0.1) is 62.2 Å². The molecule has 0 radical (unpaired) electrons. The standard InChI is InChI=1S/2C21H24N8O2.C20H21FN8O2.C19H20N8O3.CH4/c2*1-22-18-11-16(25-15-7-3-8-17(26-15)28-10-4-9-19(28)30)27-20-14(12-23-29(18)20)21(31)24-13-5-2-6-13;1-11(24-14-8-13(14)21)12-10-23-29-18(22-2)9-16(27-19(12)29)25-15-4-3-5-17(26-15)28-6-7-31-20(28)30;20-13-7-15(23-14-3-1-4-16(24-14)26-6-2-5-17(26)28)25-18-12(8-21-27(13)18)19(29)22-11-9-30-10-11;/h2*3,7-8,11-13,22H,2,4-6,9-10H2,1H3,(H,24,31)(H,25,26,27);3-5,9-10,13-14,22,24H,1,6-8H2,2H3,(H,25,26,27);1,3-4,7-8,11H,2,5-6,9-10,20H2,(H,22,29)(H,23,24,25);1H4/t;;13-,14+;;/m..1../s1. The molecule has 2 atom stereocenters. The first-order valence-electron chi connectivity index (χ1n) is 40.6. The molecule has 0 unspecified atom stereocenters. The minimum atomic E-state index is -0.845. The highest BCUT2D eigenvalue weighted by atomic mass is 19.1. The first-order chi connectivity index (χ1) is 59.8. The van der Waals surface area contributed by atoms with Crippen LogP contribution in [0.15, 0.2) is 128 Å². The van der Waals surface area contributed by atoms with Gasteiger partial charge in [0.2, 0.25) is 17.7 Å². The van der Waals surface area contributed by atoms with E-state index in [1.807, 2.05) is 42.5 Å². The van der Waals surface area contributed by atoms with Crippen LogP contribution in [0.5, 0.6) is 0 Å². The topological polar surface area (TPSA) is 482 Å². The number of carbonyl (C=O) groups excluding carboxylic acids is 7. The summed E-state index contributed by atoms with van der Waals surface area (Å²) in [6, 6.07) is 28.9. The normalized spacial score (nSPS) is 17.2. The van der Waals surface area contributed by atoms with Gasteiger partial charge in [-0.05, 0) is 106 Å². The van der Waals surface area contributed by atoms with Gasteiger partial charge in [0, 0.05) is 109 Å². The van der Waals surface area contributed by atoms with Crippen molar-refractivity contribution >= 4 is 163 Å². The summed E-state index contributed by atoms with van der Waals surface area (Å²) in [7, 11) is 5.35. The van der Waals surface area contributed by atoms with Gasteiger partial charge >= 0.3 is 6.09 Å². The van der Waals surface area contributed by atoms with Crippen LogP contribution in [0.2, 0.25) is 0 Å². The first kappa shape index (κ1) is 82.7. The van der Waals surface area contributed by atoms with Crippen molar-refractivity contribution in [2.45, 2.75) is 121 Å². The van der Waals surface area contributed by atoms with E-state index in [9.17, 15) is 38.0 Å². The van der Waals surface area contributed by atoms with Crippen molar-refractivity contribution in [2.75, 3.05) is 130 Å². The van der Waals surface area contributed by atoms with Gasteiger partial charge in [-0.2, -0.15) is 38.5 Å². The summed E-state index contributed by atoms with van der Waals surface area (Å²) in [5, 5.41) is 51.2. The van der Waals surface area contributed by atoms with Crippen LogP contribution in [0.1, 0.15) is 128 Å². The quantitative estimate of drug-likeness (QED) is 0.0269. The molecular formula is C82H93FN32O9. The lowest BCUT2D eigenvalue weighted by atomic mass is 9.93. The van der Waals surface area contributed by atoms with E-state index < -0.39 is 12.3 Å². The first-order valence-corrected chi connectivity index (χ1v) is 40.6. The Balaban J connectivity index is 0.000000122. The molecular weight excluding hydrogens is 1600 g/mol. The molecule has 13 N–H and O–H groups in total. The van der Waals surface area contributed by atoms with Gasteiger partial charge in [-0.3, -0.25) is 48.4 Å². The van der Waals surface area contributed by atoms with E-state index in [1.54, 1.807) is 123 Å². The molecule has 17 heterocycles. The molecule has 7 amide bonds. The molecule has 12 aromatic rings. The average Bonchev–Trinajstić information content (AvgIpc) is 1.63. The van der Waals surface area contributed by atoms with E-state index in [2.05, 4.69) is 125 Å². The molecule has 0 spiro atoms. The third-order valence-corrected chi connectivity index (χ3v) is 21.7. The van der Waals surface area contributed by atoms with Crippen molar-refractivity contribution in [2.24, 2.45) is 0 Å². The number of rotatable bonds is 24. The number of aromatic nitrogens is 16. The number of nitrogens with two attached hydrogens (primary N) is 1. The van der Waals surface area contributed by atoms with Crippen molar-refractivity contribution < 1.29 is 47.4 Å². The Morgan fingerprint density at radius 1 is 0.435 bits per heavy atom. The number of carbonyl (C=O) groups is 7. The molecule has 3 aliphatic carbocycles. The lowest BCUT2D eigenvalue weighted by molar-refractivity contribution is -0.117. The van der Waals surface area contributed by atoms with Gasteiger partial charge in [0.15, 0.2) is 22.6 Å². The predicted molar refractivity (Wildman–Crippen MR) is 463 cm³/mol. The van der Waals surface area contributed by atoms with Crippen molar-refractivity contribution in [1.82, 2.24) is 99.6 Å². The number of hydrogen-bond donors (Lipinski definition) is 12. The summed E-state index contributed by atoms with van der Waals surface area (Å²) in [6.45, 7) is 7.83. The van der Waals surface area contributed by atoms with E-state index in [-0.39, 0.29) is 67.0 Å². The van der Waals surface area contributed by atoms with Crippen LogP contribution < -0.4 is 83.8 Å². The number of nitrogen functional groups attached to an aromatic ring is 1. The number of cyclic esters (lactones) is 1. The highest BCUT2D eigenvalue weighted by molar-refractivity contribution is 6.03. The fraction of sp³-hybridized carbons (Fsp3) is 0.354. The lowest BCUT2D eigenvalue weighted by Crippen LogP contribution is -2.48. The van der Waals surface area contributed by atoms with Gasteiger partial charge in [-0.25, -0.2) is 49.1 Å². The summed E-state index contributed by atoms with van der Waals surface area (Å²) in [5.74, 6) is 8.46. The molecule has 642 valence electrons. The summed E-state index contributed by atoms with van der Waals surface area (Å²) in [4.78, 5) is 129. The number of hydrogen-bond acceptors (Lipinski definition) is 30. The molecule has 42 heteroatoms. The average molecular weight is 1690 g/mol. The number of pyridine rings is 4. The van der Waals surface area contributed by atoms with E-state index >= 15 is 0 Å². The second-order valence-electron chi connectivity index (χ2n) is 30.2. The van der Waals surface area contributed by atoms with E-state index in [0.717, 1.165) is 57.8 Å². The number of halogens is 1. The van der Waals surface area contributed by atoms with Crippen molar-refractivity contribution in [3.63, 3.8) is 0 Å². The highest BCUT2D eigenvalue weighted by Gasteiger charge is 2.38. The molecule has 41 nitrogen and oxygen atoms in total. The summed E-state index contributed by atoms with van der Waals surface area (Å²) in [5.41, 5.74) is 10.3. The number of fused-ring (bicyclic) bond motifs is 4. The number of ether oxygens (including phenoxy) is 2. The number of amides is 7. The SMILES string of the molecule is C.C=C(N[C@H]1C[C@H]1F)c1cnn2c(NC)cc(Nc3cccc(N4CCOC4=O)n3)nc12.CNc1cc(Nc2cccc(N3CCCC3=O)n2)nc2c(C(=O)NC3CCC3)cnn12.CNc1cc(Nc2cccc(N3CCCC3=O)n2)nc2c(C(=O)NC3CCC3)cnn12.Nc1cc(Nc2cccc(N3CCCC3=O)n2)nc2c(C(=O)NC3COC3)cnn12. The van der Waals surface area contributed by atoms with E-state index in [1.165, 1.54) is 15.6 Å². The van der Waals surface area contributed by atoms with E-state index in [0.29, 0.717) is 215 Å². The monoisotopic (exact) mass is 1690 g/mol. The summed E-state index contributed by atoms with van der Waals surface area (Å²) >= 11 is 0. The maximum absolute atomic E-state index is 13.3. The Hall–Kier alpha value is -15.0. The zero-order valence-corrected chi connectivity index (χ0v) is 67.4. The second kappa shape index (κ2) is 36.1. The zero-order chi connectivity index (χ0) is 84.9. The Labute approximate surface area is 708 Å². The van der Waals surface area contributed by atoms with Crippen LogP contribution in [-0.4, -0.2) is 217 Å². The molecule has 5 aliphatic heterocycles. The van der Waals surface area contributed by atoms with Gasteiger partial charge in [-0.1, -0.05) is 38.3 Å². The number of anilines is 16. The Morgan fingerprint density at radius 2 is 0.782 bits per heavy atom. The Bertz CT molecular complexity index is 5660.